The van der Waals surface area contributed by atoms with Gasteiger partial charge in [-0.05, 0) is 32.0 Å². The van der Waals surface area contributed by atoms with Crippen LogP contribution in [0.4, 0.5) is 0 Å². The van der Waals surface area contributed by atoms with Crippen LogP contribution >= 0.6 is 15.9 Å². The topological polar surface area (TPSA) is 81.8 Å². The molecular weight excluding hydrogens is 360 g/mol. The Morgan fingerprint density at radius 1 is 1.38 bits per heavy atom. The fraction of sp³-hybridized carbons (Fsp3) is 0.385. The predicted octanol–water partition coefficient (Wildman–Crippen LogP) is 3.02. The highest BCUT2D eigenvalue weighted by molar-refractivity contribution is 9.10. The molecule has 8 heteroatoms. The van der Waals surface area contributed by atoms with E-state index in [1.54, 1.807) is 26.0 Å². The average molecular weight is 373 g/mol. The Kier molecular flexibility index (Phi) is 3.32. The van der Waals surface area contributed by atoms with Crippen LogP contribution < -0.4 is 0 Å². The van der Waals surface area contributed by atoms with Crippen molar-refractivity contribution in [1.82, 2.24) is 5.16 Å². The smallest absolute Gasteiger partial charge is 0.200 e. The minimum atomic E-state index is -3.57. The van der Waals surface area contributed by atoms with Crippen molar-refractivity contribution >= 4 is 41.8 Å². The molecule has 3 rings (SSSR count). The van der Waals surface area contributed by atoms with Gasteiger partial charge in [0.2, 0.25) is 9.84 Å². The number of rotatable bonds is 2. The molecule has 2 heterocycles. The highest BCUT2D eigenvalue weighted by Gasteiger charge is 2.36. The number of hydrogen-bond donors (Lipinski definition) is 0. The van der Waals surface area contributed by atoms with Crippen molar-refractivity contribution in [2.45, 2.75) is 31.6 Å². The largest absolute Gasteiger partial charge is 0.389 e. The van der Waals surface area contributed by atoms with Gasteiger partial charge in [0.25, 0.3) is 0 Å². The summed E-state index contributed by atoms with van der Waals surface area (Å²) in [6, 6.07) is 5.33. The number of fused-ring (bicyclic) bond motifs is 1. The Morgan fingerprint density at radius 3 is 2.81 bits per heavy atom. The van der Waals surface area contributed by atoms with Crippen molar-refractivity contribution in [1.29, 1.82) is 0 Å². The average Bonchev–Trinajstić information content (AvgIpc) is 2.93. The third kappa shape index (κ3) is 2.82. The van der Waals surface area contributed by atoms with E-state index in [2.05, 4.69) is 26.2 Å². The van der Waals surface area contributed by atoms with Crippen LogP contribution in [-0.2, 0) is 20.4 Å². The number of benzene rings is 1. The fourth-order valence-corrected chi connectivity index (χ4v) is 3.91. The van der Waals surface area contributed by atoms with E-state index in [4.69, 9.17) is 9.36 Å². The van der Waals surface area contributed by atoms with Crippen molar-refractivity contribution in [2.24, 2.45) is 5.16 Å². The third-order valence-electron chi connectivity index (χ3n) is 3.16. The molecule has 0 saturated carbocycles. The van der Waals surface area contributed by atoms with E-state index in [0.29, 0.717) is 16.7 Å². The minimum absolute atomic E-state index is 0.0543. The van der Waals surface area contributed by atoms with Crippen LogP contribution in [0.5, 0.6) is 0 Å². The van der Waals surface area contributed by atoms with Gasteiger partial charge in [-0.1, -0.05) is 26.2 Å². The maximum atomic E-state index is 12.4. The lowest BCUT2D eigenvalue weighted by molar-refractivity contribution is 0.0123. The van der Waals surface area contributed by atoms with Crippen LogP contribution in [0.15, 0.2) is 32.4 Å². The maximum Gasteiger partial charge on any atom is 0.200 e. The third-order valence-corrected chi connectivity index (χ3v) is 5.25. The Bertz CT molecular complexity index is 839. The van der Waals surface area contributed by atoms with E-state index >= 15 is 0 Å². The highest BCUT2D eigenvalue weighted by atomic mass is 79.9. The Morgan fingerprint density at radius 2 is 2.14 bits per heavy atom. The van der Waals surface area contributed by atoms with Crippen LogP contribution in [0.2, 0.25) is 0 Å². The molecule has 1 aliphatic rings. The van der Waals surface area contributed by atoms with E-state index in [-0.39, 0.29) is 17.2 Å². The zero-order chi connectivity index (χ0) is 15.3. The van der Waals surface area contributed by atoms with Crippen molar-refractivity contribution in [2.75, 3.05) is 0 Å². The summed E-state index contributed by atoms with van der Waals surface area (Å²) in [5.41, 5.74) is 0.337. The van der Waals surface area contributed by atoms with Gasteiger partial charge in [0, 0.05) is 16.3 Å². The first-order chi connectivity index (χ1) is 9.77. The van der Waals surface area contributed by atoms with Gasteiger partial charge in [0.05, 0.1) is 0 Å². The molecule has 6 nitrogen and oxygen atoms in total. The van der Waals surface area contributed by atoms with Crippen molar-refractivity contribution in [3.05, 3.63) is 28.4 Å². The van der Waals surface area contributed by atoms with Gasteiger partial charge in [0.1, 0.15) is 17.0 Å². The molecular formula is C13H13BrN2O4S. The SMILES string of the molecule is CC1(C)CC(S(=O)(=O)Cc2noc3ccc(Br)cc23)=NO1. The number of hydrogen-bond acceptors (Lipinski definition) is 6. The fourth-order valence-electron chi connectivity index (χ4n) is 2.10. The number of halogens is 1. The standard InChI is InChI=1S/C13H13BrN2O4S/c1-13(2)6-12(16-20-13)21(17,18)7-10-9-5-8(14)3-4-11(9)19-15-10/h3-5H,6-7H2,1-2H3. The van der Waals surface area contributed by atoms with Crippen LogP contribution in [0.3, 0.4) is 0 Å². The van der Waals surface area contributed by atoms with Crippen molar-refractivity contribution in [3.63, 3.8) is 0 Å². The highest BCUT2D eigenvalue weighted by Crippen LogP contribution is 2.28. The molecule has 0 saturated heterocycles. The molecule has 112 valence electrons. The quantitative estimate of drug-likeness (QED) is 0.808. The Balaban J connectivity index is 1.93. The number of oxime groups is 1. The minimum Gasteiger partial charge on any atom is -0.389 e. The van der Waals surface area contributed by atoms with E-state index in [1.807, 2.05) is 6.07 Å². The predicted molar refractivity (Wildman–Crippen MR) is 81.5 cm³/mol. The monoisotopic (exact) mass is 372 g/mol. The zero-order valence-electron chi connectivity index (χ0n) is 11.5. The molecule has 0 bridgehead atoms. The Hall–Kier alpha value is -1.41. The molecule has 0 aliphatic carbocycles. The molecule has 2 aromatic rings. The van der Waals surface area contributed by atoms with Gasteiger partial charge < -0.3 is 9.36 Å². The molecule has 0 fully saturated rings. The number of sulfone groups is 1. The summed E-state index contributed by atoms with van der Waals surface area (Å²) in [6.07, 6.45) is 0.259. The first kappa shape index (κ1) is 14.5. The van der Waals surface area contributed by atoms with E-state index in [0.717, 1.165) is 4.47 Å². The molecule has 0 spiro atoms. The summed E-state index contributed by atoms with van der Waals surface area (Å²) in [5, 5.41) is 8.29. The first-order valence-electron chi connectivity index (χ1n) is 6.28. The Labute approximate surface area is 130 Å². The van der Waals surface area contributed by atoms with Crippen LogP contribution in [-0.4, -0.2) is 24.2 Å². The normalized spacial score (nSPS) is 17.8. The summed E-state index contributed by atoms with van der Waals surface area (Å²) in [4.78, 5) is 5.12. The second-order valence-electron chi connectivity index (χ2n) is 5.54. The van der Waals surface area contributed by atoms with Gasteiger partial charge in [-0.25, -0.2) is 8.42 Å². The van der Waals surface area contributed by atoms with Gasteiger partial charge in [-0.3, -0.25) is 0 Å². The molecule has 0 N–H and O–H groups in total. The van der Waals surface area contributed by atoms with Gasteiger partial charge in [0.15, 0.2) is 10.6 Å². The molecule has 0 amide bonds. The molecule has 1 aliphatic heterocycles. The summed E-state index contributed by atoms with van der Waals surface area (Å²) in [7, 11) is -3.57. The van der Waals surface area contributed by atoms with E-state index in [1.165, 1.54) is 0 Å². The first-order valence-corrected chi connectivity index (χ1v) is 8.73. The van der Waals surface area contributed by atoms with Gasteiger partial charge in [-0.15, -0.1) is 0 Å². The summed E-state index contributed by atoms with van der Waals surface area (Å²) < 4.78 is 30.8. The summed E-state index contributed by atoms with van der Waals surface area (Å²) >= 11 is 3.35. The lowest BCUT2D eigenvalue weighted by Crippen LogP contribution is -2.23. The second-order valence-corrected chi connectivity index (χ2v) is 8.45. The lowest BCUT2D eigenvalue weighted by Gasteiger charge is -2.13. The summed E-state index contributed by atoms with van der Waals surface area (Å²) in [6.45, 7) is 3.59. The molecule has 1 aromatic carbocycles. The van der Waals surface area contributed by atoms with Crippen LogP contribution in [0, 0.1) is 0 Å². The van der Waals surface area contributed by atoms with E-state index in [9.17, 15) is 8.42 Å². The molecule has 0 unspecified atom stereocenters. The van der Waals surface area contributed by atoms with Crippen LogP contribution in [0.25, 0.3) is 11.0 Å². The molecule has 1 aromatic heterocycles. The second kappa shape index (κ2) is 4.81. The van der Waals surface area contributed by atoms with Gasteiger partial charge in [-0.2, -0.15) is 0 Å². The van der Waals surface area contributed by atoms with E-state index < -0.39 is 15.4 Å². The summed E-state index contributed by atoms with van der Waals surface area (Å²) in [5.74, 6) is -0.255. The maximum absolute atomic E-state index is 12.4. The van der Waals surface area contributed by atoms with Crippen molar-refractivity contribution in [3.8, 4) is 0 Å². The van der Waals surface area contributed by atoms with Crippen LogP contribution in [0.1, 0.15) is 26.0 Å². The number of aromatic nitrogens is 1. The lowest BCUT2D eigenvalue weighted by atomic mass is 10.1. The van der Waals surface area contributed by atoms with Gasteiger partial charge >= 0.3 is 0 Å². The molecule has 0 radical (unpaired) electrons. The number of nitrogens with zero attached hydrogens (tertiary/aromatic N) is 2. The zero-order valence-corrected chi connectivity index (χ0v) is 13.9. The molecule has 0 atom stereocenters. The van der Waals surface area contributed by atoms with Crippen molar-refractivity contribution < 1.29 is 17.8 Å². The molecule has 21 heavy (non-hydrogen) atoms.